The van der Waals surface area contributed by atoms with Crippen LogP contribution in [0.2, 0.25) is 10.0 Å². The Balaban J connectivity index is 1.83. The Morgan fingerprint density at radius 2 is 1.95 bits per heavy atom. The molecular weight excluding hydrogens is 315 g/mol. The standard InChI is InChI=1S/C18H16Cl2N2/c19-15-6-2-5-13(17(15)20)18-12-4-1-3-11(12)14-9-10(21)7-8-16(14)22-18/h1-3,5-9,11-12,18,22H,4,21H2/t11-,12-,18-/m0/s1. The van der Waals surface area contributed by atoms with Gasteiger partial charge in [0.2, 0.25) is 0 Å². The fourth-order valence-corrected chi connectivity index (χ4v) is 4.11. The van der Waals surface area contributed by atoms with E-state index in [2.05, 4.69) is 35.7 Å². The Hall–Kier alpha value is -1.64. The zero-order chi connectivity index (χ0) is 15.3. The highest BCUT2D eigenvalue weighted by Crippen LogP contribution is 2.51. The number of nitrogen functional groups attached to an aromatic ring is 1. The van der Waals surface area contributed by atoms with Crippen LogP contribution in [0.5, 0.6) is 0 Å². The molecule has 4 rings (SSSR count). The molecule has 4 heteroatoms. The van der Waals surface area contributed by atoms with Crippen LogP contribution in [0.25, 0.3) is 0 Å². The van der Waals surface area contributed by atoms with E-state index in [4.69, 9.17) is 28.9 Å². The van der Waals surface area contributed by atoms with Crippen molar-refractivity contribution in [2.75, 3.05) is 11.1 Å². The largest absolute Gasteiger partial charge is 0.399 e. The lowest BCUT2D eigenvalue weighted by molar-refractivity contribution is 0.426. The molecule has 0 saturated carbocycles. The van der Waals surface area contributed by atoms with Crippen LogP contribution in [-0.2, 0) is 0 Å². The van der Waals surface area contributed by atoms with Crippen molar-refractivity contribution >= 4 is 34.6 Å². The summed E-state index contributed by atoms with van der Waals surface area (Å²) in [5, 5.41) is 4.89. The second-order valence-electron chi connectivity index (χ2n) is 5.97. The molecule has 2 aromatic rings. The van der Waals surface area contributed by atoms with Crippen LogP contribution in [0.15, 0.2) is 48.6 Å². The maximum Gasteiger partial charge on any atom is 0.0645 e. The maximum absolute atomic E-state index is 6.46. The van der Waals surface area contributed by atoms with Crippen molar-refractivity contribution in [1.82, 2.24) is 0 Å². The molecule has 0 saturated heterocycles. The molecule has 112 valence electrons. The molecule has 0 fully saturated rings. The summed E-state index contributed by atoms with van der Waals surface area (Å²) in [6.45, 7) is 0. The van der Waals surface area contributed by atoms with Gasteiger partial charge in [0.25, 0.3) is 0 Å². The average Bonchev–Trinajstić information content (AvgIpc) is 2.99. The summed E-state index contributed by atoms with van der Waals surface area (Å²) < 4.78 is 0. The van der Waals surface area contributed by atoms with Gasteiger partial charge in [-0.3, -0.25) is 0 Å². The van der Waals surface area contributed by atoms with Gasteiger partial charge in [0, 0.05) is 17.3 Å². The molecule has 0 aromatic heterocycles. The van der Waals surface area contributed by atoms with Gasteiger partial charge in [0.1, 0.15) is 0 Å². The van der Waals surface area contributed by atoms with Gasteiger partial charge in [-0.05, 0) is 47.7 Å². The SMILES string of the molecule is Nc1ccc2c(c1)[C@H]1C=CC[C@@H]1[C@@H](c1cccc(Cl)c1Cl)N2. The highest BCUT2D eigenvalue weighted by Gasteiger charge is 2.38. The Bertz CT molecular complexity index is 770. The fraction of sp³-hybridized carbons (Fsp3) is 0.222. The second-order valence-corrected chi connectivity index (χ2v) is 6.75. The molecule has 2 aliphatic rings. The molecule has 3 N–H and O–H groups in total. The van der Waals surface area contributed by atoms with Crippen molar-refractivity contribution < 1.29 is 0 Å². The van der Waals surface area contributed by atoms with Crippen LogP contribution in [-0.4, -0.2) is 0 Å². The van der Waals surface area contributed by atoms with Crippen molar-refractivity contribution in [2.24, 2.45) is 5.92 Å². The monoisotopic (exact) mass is 330 g/mol. The van der Waals surface area contributed by atoms with Gasteiger partial charge in [0.15, 0.2) is 0 Å². The normalized spacial score (nSPS) is 25.5. The van der Waals surface area contributed by atoms with Crippen LogP contribution < -0.4 is 11.1 Å². The Kier molecular flexibility index (Phi) is 3.32. The zero-order valence-electron chi connectivity index (χ0n) is 11.9. The first-order valence-electron chi connectivity index (χ1n) is 7.41. The smallest absolute Gasteiger partial charge is 0.0645 e. The second kappa shape index (κ2) is 5.22. The summed E-state index contributed by atoms with van der Waals surface area (Å²) in [6.07, 6.45) is 5.56. The first-order chi connectivity index (χ1) is 10.6. The molecule has 0 bridgehead atoms. The lowest BCUT2D eigenvalue weighted by atomic mass is 9.77. The summed E-state index contributed by atoms with van der Waals surface area (Å²) in [6, 6.07) is 12.1. The first-order valence-corrected chi connectivity index (χ1v) is 8.17. The van der Waals surface area contributed by atoms with Crippen molar-refractivity contribution in [2.45, 2.75) is 18.4 Å². The number of anilines is 2. The topological polar surface area (TPSA) is 38.0 Å². The lowest BCUT2D eigenvalue weighted by Gasteiger charge is -2.38. The van der Waals surface area contributed by atoms with Gasteiger partial charge in [-0.15, -0.1) is 0 Å². The van der Waals surface area contributed by atoms with Crippen molar-refractivity contribution in [3.05, 3.63) is 69.7 Å². The van der Waals surface area contributed by atoms with Crippen LogP contribution in [0.4, 0.5) is 11.4 Å². The van der Waals surface area contributed by atoms with Gasteiger partial charge in [-0.1, -0.05) is 47.5 Å². The molecule has 1 aliphatic carbocycles. The minimum absolute atomic E-state index is 0.155. The third-order valence-corrected chi connectivity index (χ3v) is 5.54. The van der Waals surface area contributed by atoms with E-state index in [1.165, 1.54) is 5.56 Å². The number of halogens is 2. The molecule has 1 aliphatic heterocycles. The quantitative estimate of drug-likeness (QED) is 0.542. The van der Waals surface area contributed by atoms with Crippen LogP contribution in [0.1, 0.15) is 29.5 Å². The first kappa shape index (κ1) is 14.0. The van der Waals surface area contributed by atoms with E-state index in [0.29, 0.717) is 21.9 Å². The van der Waals surface area contributed by atoms with Crippen molar-refractivity contribution in [1.29, 1.82) is 0 Å². The summed E-state index contributed by atoms with van der Waals surface area (Å²) in [7, 11) is 0. The van der Waals surface area contributed by atoms with Gasteiger partial charge in [-0.25, -0.2) is 0 Å². The zero-order valence-corrected chi connectivity index (χ0v) is 13.4. The van der Waals surface area contributed by atoms with E-state index in [0.717, 1.165) is 23.4 Å². The van der Waals surface area contributed by atoms with E-state index < -0.39 is 0 Å². The van der Waals surface area contributed by atoms with E-state index >= 15 is 0 Å². The van der Waals surface area contributed by atoms with Crippen LogP contribution in [0.3, 0.4) is 0 Å². The van der Waals surface area contributed by atoms with Crippen LogP contribution >= 0.6 is 23.2 Å². The molecule has 2 aromatic carbocycles. The number of rotatable bonds is 1. The molecule has 22 heavy (non-hydrogen) atoms. The van der Waals surface area contributed by atoms with E-state index in [-0.39, 0.29) is 6.04 Å². The molecule has 0 amide bonds. The van der Waals surface area contributed by atoms with Gasteiger partial charge in [0.05, 0.1) is 16.1 Å². The summed E-state index contributed by atoms with van der Waals surface area (Å²) in [4.78, 5) is 0. The number of nitrogens with two attached hydrogens (primary N) is 1. The lowest BCUT2D eigenvalue weighted by Crippen LogP contribution is -2.29. The third kappa shape index (κ3) is 2.10. The van der Waals surface area contributed by atoms with Crippen molar-refractivity contribution in [3.8, 4) is 0 Å². The molecule has 0 radical (unpaired) electrons. The Morgan fingerprint density at radius 1 is 1.09 bits per heavy atom. The molecule has 0 spiro atoms. The van der Waals surface area contributed by atoms with E-state index in [9.17, 15) is 0 Å². The molecule has 0 unspecified atom stereocenters. The number of fused-ring (bicyclic) bond motifs is 3. The Labute approximate surface area is 139 Å². The van der Waals surface area contributed by atoms with Gasteiger partial charge < -0.3 is 11.1 Å². The molecule has 2 nitrogen and oxygen atoms in total. The van der Waals surface area contributed by atoms with E-state index in [1.54, 1.807) is 0 Å². The van der Waals surface area contributed by atoms with Gasteiger partial charge >= 0.3 is 0 Å². The van der Waals surface area contributed by atoms with Crippen LogP contribution in [0, 0.1) is 5.92 Å². The maximum atomic E-state index is 6.46. The minimum Gasteiger partial charge on any atom is -0.399 e. The Morgan fingerprint density at radius 3 is 2.82 bits per heavy atom. The molecular formula is C18H16Cl2N2. The number of benzene rings is 2. The summed E-state index contributed by atoms with van der Waals surface area (Å²) in [5.41, 5.74) is 10.2. The highest BCUT2D eigenvalue weighted by molar-refractivity contribution is 6.42. The summed E-state index contributed by atoms with van der Waals surface area (Å²) in [5.74, 6) is 0.810. The highest BCUT2D eigenvalue weighted by atomic mass is 35.5. The van der Waals surface area contributed by atoms with Gasteiger partial charge in [-0.2, -0.15) is 0 Å². The minimum atomic E-state index is 0.155. The number of hydrogen-bond acceptors (Lipinski definition) is 2. The number of allylic oxidation sites excluding steroid dienone is 2. The third-order valence-electron chi connectivity index (χ3n) is 4.70. The van der Waals surface area contributed by atoms with E-state index in [1.807, 2.05) is 18.2 Å². The molecule has 1 heterocycles. The fourth-order valence-electron chi connectivity index (χ4n) is 3.68. The predicted molar refractivity (Wildman–Crippen MR) is 93.7 cm³/mol. The number of nitrogens with one attached hydrogen (secondary N) is 1. The number of hydrogen-bond donors (Lipinski definition) is 2. The predicted octanol–water partition coefficient (Wildman–Crippen LogP) is 5.40. The van der Waals surface area contributed by atoms with Crippen molar-refractivity contribution in [3.63, 3.8) is 0 Å². The molecule has 3 atom stereocenters. The average molecular weight is 331 g/mol. The summed E-state index contributed by atoms with van der Waals surface area (Å²) >= 11 is 12.7.